The van der Waals surface area contributed by atoms with E-state index in [9.17, 15) is 4.79 Å². The molecule has 116 valence electrons. The lowest BCUT2D eigenvalue weighted by Gasteiger charge is -2.27. The Morgan fingerprint density at radius 3 is 3.04 bits per heavy atom. The Bertz CT molecular complexity index is 933. The summed E-state index contributed by atoms with van der Waals surface area (Å²) in [5.74, 6) is 0.857. The van der Waals surface area contributed by atoms with Crippen LogP contribution in [0.4, 0.5) is 0 Å². The first-order valence-electron chi connectivity index (χ1n) is 7.76. The van der Waals surface area contributed by atoms with Crippen LogP contribution in [0.3, 0.4) is 0 Å². The van der Waals surface area contributed by atoms with E-state index < -0.39 is 0 Å². The zero-order valence-corrected chi connectivity index (χ0v) is 12.9. The number of rotatable bonds is 2. The minimum Gasteiger partial charge on any atom is -0.497 e. The van der Waals surface area contributed by atoms with Crippen molar-refractivity contribution in [3.8, 4) is 5.75 Å². The number of hydrogen-bond acceptors (Lipinski definition) is 4. The maximum atomic E-state index is 12.8. The van der Waals surface area contributed by atoms with Gasteiger partial charge in [0.15, 0.2) is 5.52 Å². The van der Waals surface area contributed by atoms with Crippen molar-refractivity contribution in [2.24, 2.45) is 0 Å². The zero-order chi connectivity index (χ0) is 15.8. The first kappa shape index (κ1) is 13.9. The highest BCUT2D eigenvalue weighted by Crippen LogP contribution is 2.34. The summed E-state index contributed by atoms with van der Waals surface area (Å²) >= 11 is 0. The predicted octanol–water partition coefficient (Wildman–Crippen LogP) is 2.73. The lowest BCUT2D eigenvalue weighted by molar-refractivity contribution is 0.411. The average Bonchev–Trinajstić information content (AvgIpc) is 2.61. The van der Waals surface area contributed by atoms with Gasteiger partial charge in [-0.15, -0.1) is 0 Å². The van der Waals surface area contributed by atoms with E-state index >= 15 is 0 Å². The Balaban J connectivity index is 1.87. The van der Waals surface area contributed by atoms with Crippen LogP contribution in [0.15, 0.2) is 47.7 Å². The van der Waals surface area contributed by atoms with Gasteiger partial charge < -0.3 is 4.74 Å². The Hall–Kier alpha value is -2.69. The second kappa shape index (κ2) is 5.50. The molecule has 1 aromatic carbocycles. The van der Waals surface area contributed by atoms with Crippen LogP contribution in [0.1, 0.15) is 30.0 Å². The first-order valence-corrected chi connectivity index (χ1v) is 7.76. The van der Waals surface area contributed by atoms with Gasteiger partial charge in [-0.2, -0.15) is 0 Å². The van der Waals surface area contributed by atoms with Gasteiger partial charge in [-0.3, -0.25) is 9.36 Å². The molecule has 0 N–H and O–H groups in total. The fourth-order valence-corrected chi connectivity index (χ4v) is 3.37. The van der Waals surface area contributed by atoms with Crippen LogP contribution in [0.25, 0.3) is 11.0 Å². The van der Waals surface area contributed by atoms with Gasteiger partial charge >= 0.3 is 0 Å². The van der Waals surface area contributed by atoms with Gasteiger partial charge in [0.25, 0.3) is 5.56 Å². The molecule has 0 bridgehead atoms. The van der Waals surface area contributed by atoms with Crippen LogP contribution in [-0.2, 0) is 6.42 Å². The van der Waals surface area contributed by atoms with E-state index in [4.69, 9.17) is 4.74 Å². The van der Waals surface area contributed by atoms with E-state index in [1.165, 1.54) is 11.1 Å². The topological polar surface area (TPSA) is 57.0 Å². The van der Waals surface area contributed by atoms with Crippen molar-refractivity contribution in [2.45, 2.75) is 25.3 Å². The fraction of sp³-hybridized carbons (Fsp3) is 0.278. The van der Waals surface area contributed by atoms with Crippen molar-refractivity contribution in [1.82, 2.24) is 14.5 Å². The summed E-state index contributed by atoms with van der Waals surface area (Å²) in [5, 5.41) is 0. The molecule has 0 saturated heterocycles. The summed E-state index contributed by atoms with van der Waals surface area (Å²) in [5.41, 5.74) is 3.41. The van der Waals surface area contributed by atoms with Gasteiger partial charge in [-0.1, -0.05) is 6.07 Å². The lowest BCUT2D eigenvalue weighted by atomic mass is 9.87. The fourth-order valence-electron chi connectivity index (χ4n) is 3.37. The van der Waals surface area contributed by atoms with Crippen molar-refractivity contribution >= 4 is 11.0 Å². The molecule has 0 saturated carbocycles. The summed E-state index contributed by atoms with van der Waals surface area (Å²) in [7, 11) is 1.67. The molecule has 5 heteroatoms. The van der Waals surface area contributed by atoms with E-state index in [2.05, 4.69) is 22.1 Å². The van der Waals surface area contributed by atoms with Gasteiger partial charge in [0.2, 0.25) is 0 Å². The minimum absolute atomic E-state index is 0.0102. The number of hydrogen-bond donors (Lipinski definition) is 0. The van der Waals surface area contributed by atoms with Gasteiger partial charge in [-0.05, 0) is 54.7 Å². The number of methoxy groups -OCH3 is 1. The summed E-state index contributed by atoms with van der Waals surface area (Å²) in [4.78, 5) is 21.4. The van der Waals surface area contributed by atoms with Crippen LogP contribution in [0.2, 0.25) is 0 Å². The molecule has 0 unspecified atom stereocenters. The van der Waals surface area contributed by atoms with Crippen molar-refractivity contribution < 1.29 is 4.74 Å². The van der Waals surface area contributed by atoms with Gasteiger partial charge in [-0.25, -0.2) is 9.97 Å². The van der Waals surface area contributed by atoms with Crippen LogP contribution in [0, 0.1) is 0 Å². The third-order valence-electron chi connectivity index (χ3n) is 4.51. The lowest BCUT2D eigenvalue weighted by Crippen LogP contribution is -2.28. The molecule has 5 nitrogen and oxygen atoms in total. The van der Waals surface area contributed by atoms with Crippen LogP contribution >= 0.6 is 0 Å². The molecule has 23 heavy (non-hydrogen) atoms. The van der Waals surface area contributed by atoms with E-state index in [1.807, 2.05) is 12.1 Å². The Morgan fingerprint density at radius 2 is 2.17 bits per heavy atom. The highest BCUT2D eigenvalue weighted by atomic mass is 16.5. The second-order valence-corrected chi connectivity index (χ2v) is 5.80. The smallest absolute Gasteiger partial charge is 0.280 e. The zero-order valence-electron chi connectivity index (χ0n) is 12.9. The molecule has 0 fully saturated rings. The Kier molecular flexibility index (Phi) is 3.33. The molecule has 2 heterocycles. The normalized spacial score (nSPS) is 17.0. The number of aryl methyl sites for hydroxylation is 1. The Morgan fingerprint density at radius 1 is 1.26 bits per heavy atom. The molecular formula is C18H17N3O2. The molecule has 3 aromatic rings. The first-order chi connectivity index (χ1) is 11.3. The molecule has 0 amide bonds. The standard InChI is InChI=1S/C18H17N3O2/c1-23-13-7-8-14-12(10-13)4-2-6-16(14)21-11-20-15-5-3-9-19-17(15)18(21)22/h3,5,7-11,16H,2,4,6H2,1H3/t16-/m1/s1. The highest BCUT2D eigenvalue weighted by Gasteiger charge is 2.23. The number of nitrogens with zero attached hydrogens (tertiary/aromatic N) is 3. The average molecular weight is 307 g/mol. The maximum absolute atomic E-state index is 12.8. The van der Waals surface area contributed by atoms with Crippen molar-refractivity contribution in [1.29, 1.82) is 0 Å². The predicted molar refractivity (Wildman–Crippen MR) is 87.9 cm³/mol. The van der Waals surface area contributed by atoms with Crippen LogP contribution < -0.4 is 10.3 Å². The summed E-state index contributed by atoms with van der Waals surface area (Å²) in [6.07, 6.45) is 6.26. The largest absolute Gasteiger partial charge is 0.497 e. The van der Waals surface area contributed by atoms with Crippen LogP contribution in [0.5, 0.6) is 5.75 Å². The third kappa shape index (κ3) is 2.29. The molecule has 1 aliphatic carbocycles. The summed E-state index contributed by atoms with van der Waals surface area (Å²) in [6.45, 7) is 0. The van der Waals surface area contributed by atoms with Crippen LogP contribution in [-0.4, -0.2) is 21.6 Å². The summed E-state index contributed by atoms with van der Waals surface area (Å²) in [6, 6.07) is 9.70. The molecule has 0 spiro atoms. The molecule has 0 aliphatic heterocycles. The number of pyridine rings is 1. The van der Waals surface area contributed by atoms with E-state index in [-0.39, 0.29) is 11.6 Å². The number of benzene rings is 1. The summed E-state index contributed by atoms with van der Waals surface area (Å²) < 4.78 is 7.03. The van der Waals surface area contributed by atoms with Crippen molar-refractivity contribution in [3.05, 3.63) is 64.3 Å². The van der Waals surface area contributed by atoms with E-state index in [0.717, 1.165) is 25.0 Å². The molecule has 0 radical (unpaired) electrons. The molecule has 2 aromatic heterocycles. The number of aromatic nitrogens is 3. The maximum Gasteiger partial charge on any atom is 0.280 e. The van der Waals surface area contributed by atoms with Gasteiger partial charge in [0.1, 0.15) is 5.75 Å². The van der Waals surface area contributed by atoms with Gasteiger partial charge in [0, 0.05) is 6.20 Å². The Labute approximate surface area is 133 Å². The number of ether oxygens (including phenoxy) is 1. The highest BCUT2D eigenvalue weighted by molar-refractivity contribution is 5.72. The molecule has 1 atom stereocenters. The second-order valence-electron chi connectivity index (χ2n) is 5.80. The molecule has 4 rings (SSSR count). The molecule has 1 aliphatic rings. The van der Waals surface area contributed by atoms with Crippen molar-refractivity contribution in [3.63, 3.8) is 0 Å². The third-order valence-corrected chi connectivity index (χ3v) is 4.51. The quantitative estimate of drug-likeness (QED) is 0.730. The monoisotopic (exact) mass is 307 g/mol. The van der Waals surface area contributed by atoms with Gasteiger partial charge in [0.05, 0.1) is 25.0 Å². The minimum atomic E-state index is -0.0794. The van der Waals surface area contributed by atoms with Crippen molar-refractivity contribution in [2.75, 3.05) is 7.11 Å². The number of fused-ring (bicyclic) bond motifs is 2. The molecular weight excluding hydrogens is 290 g/mol. The van der Waals surface area contributed by atoms with E-state index in [0.29, 0.717) is 11.0 Å². The van der Waals surface area contributed by atoms with E-state index in [1.54, 1.807) is 30.3 Å². The SMILES string of the molecule is COc1ccc2c(c1)CCC[C@H]2n1cnc2cccnc2c1=O.